The van der Waals surface area contributed by atoms with E-state index in [2.05, 4.69) is 29.2 Å². The third-order valence-corrected chi connectivity index (χ3v) is 2.79. The van der Waals surface area contributed by atoms with Crippen LogP contribution >= 0.6 is 0 Å². The molecule has 0 saturated carbocycles. The Morgan fingerprint density at radius 1 is 1.31 bits per heavy atom. The lowest BCUT2D eigenvalue weighted by atomic mass is 10.1. The highest BCUT2D eigenvalue weighted by Gasteiger charge is 2.02. The van der Waals surface area contributed by atoms with Crippen LogP contribution < -0.4 is 5.73 Å². The second-order valence-corrected chi connectivity index (χ2v) is 4.16. The molecule has 0 spiro atoms. The number of aryl methyl sites for hydroxylation is 1. The molecule has 1 aromatic heterocycles. The van der Waals surface area contributed by atoms with Crippen molar-refractivity contribution in [2.45, 2.75) is 19.4 Å². The van der Waals surface area contributed by atoms with Crippen LogP contribution in [-0.2, 0) is 13.5 Å². The van der Waals surface area contributed by atoms with Gasteiger partial charge in [0.1, 0.15) is 5.82 Å². The summed E-state index contributed by atoms with van der Waals surface area (Å²) < 4.78 is 2.04. The highest BCUT2D eigenvalue weighted by atomic mass is 15.0. The van der Waals surface area contributed by atoms with Crippen LogP contribution in [0.15, 0.2) is 36.7 Å². The molecule has 2 rings (SSSR count). The molecule has 0 bridgehead atoms. The summed E-state index contributed by atoms with van der Waals surface area (Å²) in [5.41, 5.74) is 8.24. The van der Waals surface area contributed by atoms with Gasteiger partial charge < -0.3 is 10.3 Å². The molecule has 2 aromatic rings. The Morgan fingerprint density at radius 2 is 2.00 bits per heavy atom. The third kappa shape index (κ3) is 2.31. The van der Waals surface area contributed by atoms with Crippen molar-refractivity contribution in [2.24, 2.45) is 12.8 Å². The second-order valence-electron chi connectivity index (χ2n) is 4.16. The van der Waals surface area contributed by atoms with Gasteiger partial charge >= 0.3 is 0 Å². The predicted molar refractivity (Wildman–Crippen MR) is 65.1 cm³/mol. The first-order chi connectivity index (χ1) is 7.66. The zero-order valence-corrected chi connectivity index (χ0v) is 9.72. The van der Waals surface area contributed by atoms with E-state index in [-0.39, 0.29) is 6.04 Å². The number of rotatable bonds is 3. The quantitative estimate of drug-likeness (QED) is 0.851. The van der Waals surface area contributed by atoms with E-state index in [1.165, 1.54) is 11.1 Å². The van der Waals surface area contributed by atoms with Gasteiger partial charge in [-0.1, -0.05) is 24.3 Å². The SMILES string of the molecule is CC(N)c1ccc(Cc2nccn2C)cc1. The number of hydrogen-bond acceptors (Lipinski definition) is 2. The minimum Gasteiger partial charge on any atom is -0.338 e. The molecular weight excluding hydrogens is 198 g/mol. The number of benzene rings is 1. The van der Waals surface area contributed by atoms with Crippen LogP contribution in [0.3, 0.4) is 0 Å². The molecule has 0 fully saturated rings. The fourth-order valence-electron chi connectivity index (χ4n) is 1.69. The summed E-state index contributed by atoms with van der Waals surface area (Å²) in [6, 6.07) is 8.51. The lowest BCUT2D eigenvalue weighted by Crippen LogP contribution is -2.05. The first-order valence-electron chi connectivity index (χ1n) is 5.47. The first kappa shape index (κ1) is 10.9. The lowest BCUT2D eigenvalue weighted by molar-refractivity contribution is 0.810. The Morgan fingerprint density at radius 3 is 2.50 bits per heavy atom. The van der Waals surface area contributed by atoms with Gasteiger partial charge in [0.25, 0.3) is 0 Å². The van der Waals surface area contributed by atoms with Gasteiger partial charge in [-0.05, 0) is 18.1 Å². The van der Waals surface area contributed by atoms with E-state index in [9.17, 15) is 0 Å². The van der Waals surface area contributed by atoms with Gasteiger partial charge in [-0.3, -0.25) is 0 Å². The zero-order chi connectivity index (χ0) is 11.5. The molecule has 16 heavy (non-hydrogen) atoms. The van der Waals surface area contributed by atoms with E-state index in [1.54, 1.807) is 0 Å². The standard InChI is InChI=1S/C13H17N3/c1-10(14)12-5-3-11(4-6-12)9-13-15-7-8-16(13)2/h3-8,10H,9,14H2,1-2H3. The topological polar surface area (TPSA) is 43.8 Å². The van der Waals surface area contributed by atoms with E-state index >= 15 is 0 Å². The largest absolute Gasteiger partial charge is 0.338 e. The van der Waals surface area contributed by atoms with Crippen LogP contribution in [0.1, 0.15) is 29.9 Å². The van der Waals surface area contributed by atoms with Gasteiger partial charge in [0.05, 0.1) is 0 Å². The minimum absolute atomic E-state index is 0.0993. The van der Waals surface area contributed by atoms with Crippen LogP contribution in [0.2, 0.25) is 0 Å². The number of aromatic nitrogens is 2. The van der Waals surface area contributed by atoms with Crippen molar-refractivity contribution < 1.29 is 0 Å². The normalized spacial score (nSPS) is 12.7. The van der Waals surface area contributed by atoms with E-state index in [1.807, 2.05) is 30.9 Å². The van der Waals surface area contributed by atoms with E-state index in [0.29, 0.717) is 0 Å². The Bertz CT molecular complexity index is 454. The highest BCUT2D eigenvalue weighted by Crippen LogP contribution is 2.13. The summed E-state index contributed by atoms with van der Waals surface area (Å²) in [5.74, 6) is 1.08. The molecule has 2 N–H and O–H groups in total. The zero-order valence-electron chi connectivity index (χ0n) is 9.72. The van der Waals surface area contributed by atoms with Crippen molar-refractivity contribution in [3.05, 3.63) is 53.6 Å². The molecule has 0 radical (unpaired) electrons. The van der Waals surface area contributed by atoms with Crippen LogP contribution in [0.4, 0.5) is 0 Å². The van der Waals surface area contributed by atoms with Gasteiger partial charge in [-0.15, -0.1) is 0 Å². The minimum atomic E-state index is 0.0993. The molecule has 0 aliphatic carbocycles. The molecule has 3 nitrogen and oxygen atoms in total. The predicted octanol–water partition coefficient (Wildman–Crippen LogP) is 2.03. The smallest absolute Gasteiger partial charge is 0.112 e. The summed E-state index contributed by atoms with van der Waals surface area (Å²) in [4.78, 5) is 4.31. The molecule has 84 valence electrons. The highest BCUT2D eigenvalue weighted by molar-refractivity contribution is 5.26. The van der Waals surface area contributed by atoms with Crippen molar-refractivity contribution in [3.63, 3.8) is 0 Å². The number of nitrogens with two attached hydrogens (primary N) is 1. The van der Waals surface area contributed by atoms with Crippen molar-refractivity contribution in [2.75, 3.05) is 0 Å². The Balaban J connectivity index is 2.14. The van der Waals surface area contributed by atoms with Crippen molar-refractivity contribution in [3.8, 4) is 0 Å². The molecule has 3 heteroatoms. The van der Waals surface area contributed by atoms with Gasteiger partial charge in [0, 0.05) is 31.9 Å². The van der Waals surface area contributed by atoms with Crippen molar-refractivity contribution in [1.82, 2.24) is 9.55 Å². The summed E-state index contributed by atoms with van der Waals surface area (Å²) in [6.45, 7) is 1.99. The average molecular weight is 215 g/mol. The maximum atomic E-state index is 5.81. The molecule has 1 aromatic carbocycles. The Labute approximate surface area is 95.9 Å². The van der Waals surface area contributed by atoms with Gasteiger partial charge in [0.2, 0.25) is 0 Å². The molecule has 0 aliphatic rings. The maximum absolute atomic E-state index is 5.81. The van der Waals surface area contributed by atoms with E-state index in [4.69, 9.17) is 5.73 Å². The van der Waals surface area contributed by atoms with Crippen LogP contribution in [-0.4, -0.2) is 9.55 Å². The number of hydrogen-bond donors (Lipinski definition) is 1. The summed E-state index contributed by atoms with van der Waals surface area (Å²) in [6.07, 6.45) is 4.65. The molecular formula is C13H17N3. The van der Waals surface area contributed by atoms with Crippen LogP contribution in [0, 0.1) is 0 Å². The fourth-order valence-corrected chi connectivity index (χ4v) is 1.69. The summed E-state index contributed by atoms with van der Waals surface area (Å²) >= 11 is 0. The van der Waals surface area contributed by atoms with E-state index in [0.717, 1.165) is 12.2 Å². The van der Waals surface area contributed by atoms with Gasteiger partial charge in [-0.25, -0.2) is 4.98 Å². The lowest BCUT2D eigenvalue weighted by Gasteiger charge is -2.07. The van der Waals surface area contributed by atoms with E-state index < -0.39 is 0 Å². The average Bonchev–Trinajstić information content (AvgIpc) is 2.65. The molecule has 0 saturated heterocycles. The summed E-state index contributed by atoms with van der Waals surface area (Å²) in [7, 11) is 2.01. The number of imidazole rings is 1. The Hall–Kier alpha value is -1.61. The van der Waals surface area contributed by atoms with Crippen molar-refractivity contribution >= 4 is 0 Å². The van der Waals surface area contributed by atoms with Crippen LogP contribution in [0.25, 0.3) is 0 Å². The molecule has 1 unspecified atom stereocenters. The fraction of sp³-hybridized carbons (Fsp3) is 0.308. The van der Waals surface area contributed by atoms with Crippen molar-refractivity contribution in [1.29, 1.82) is 0 Å². The third-order valence-electron chi connectivity index (χ3n) is 2.79. The van der Waals surface area contributed by atoms with Gasteiger partial charge in [-0.2, -0.15) is 0 Å². The molecule has 0 aliphatic heterocycles. The van der Waals surface area contributed by atoms with Gasteiger partial charge in [0.15, 0.2) is 0 Å². The maximum Gasteiger partial charge on any atom is 0.112 e. The second kappa shape index (κ2) is 4.49. The number of nitrogens with zero attached hydrogens (tertiary/aromatic N) is 2. The molecule has 1 atom stereocenters. The molecule has 1 heterocycles. The molecule has 0 amide bonds. The first-order valence-corrected chi connectivity index (χ1v) is 5.47. The van der Waals surface area contributed by atoms with Crippen LogP contribution in [0.5, 0.6) is 0 Å². The Kier molecular flexibility index (Phi) is 3.06. The monoisotopic (exact) mass is 215 g/mol. The summed E-state index contributed by atoms with van der Waals surface area (Å²) in [5, 5.41) is 0.